The van der Waals surface area contributed by atoms with Crippen LogP contribution in [0.2, 0.25) is 0 Å². The first-order valence-corrected chi connectivity index (χ1v) is 12.5. The highest BCUT2D eigenvalue weighted by Gasteiger charge is 2.26. The highest BCUT2D eigenvalue weighted by atomic mass is 32.1. The fraction of sp³-hybridized carbons (Fsp3) is 0.259. The Morgan fingerprint density at radius 1 is 0.833 bits per heavy atom. The molecule has 9 heteroatoms. The number of amides is 4. The Labute approximate surface area is 214 Å². The third-order valence-corrected chi connectivity index (χ3v) is 6.64. The van der Waals surface area contributed by atoms with Crippen molar-refractivity contribution in [2.24, 2.45) is 11.5 Å². The molecule has 0 aliphatic carbocycles. The van der Waals surface area contributed by atoms with Crippen molar-refractivity contribution in [3.05, 3.63) is 82.0 Å². The number of nitrogens with one attached hydrogen (secondary N) is 2. The molecule has 36 heavy (non-hydrogen) atoms. The number of primary amides is 2. The van der Waals surface area contributed by atoms with E-state index >= 15 is 0 Å². The van der Waals surface area contributed by atoms with Crippen LogP contribution in [0.3, 0.4) is 0 Å². The molecule has 188 valence electrons. The Hall–Kier alpha value is -3.98. The van der Waals surface area contributed by atoms with Crippen LogP contribution in [0.25, 0.3) is 11.1 Å². The summed E-state index contributed by atoms with van der Waals surface area (Å²) in [7, 11) is 0. The van der Waals surface area contributed by atoms with Crippen molar-refractivity contribution >= 4 is 35.0 Å². The average molecular weight is 507 g/mol. The van der Waals surface area contributed by atoms with Crippen LogP contribution in [-0.2, 0) is 32.0 Å². The van der Waals surface area contributed by atoms with E-state index in [2.05, 4.69) is 10.6 Å². The summed E-state index contributed by atoms with van der Waals surface area (Å²) in [5.74, 6) is -2.29. The minimum atomic E-state index is -0.963. The minimum Gasteiger partial charge on any atom is -0.370 e. The van der Waals surface area contributed by atoms with E-state index in [1.54, 1.807) is 0 Å². The fourth-order valence-corrected chi connectivity index (χ4v) is 4.54. The summed E-state index contributed by atoms with van der Waals surface area (Å²) in [5, 5.41) is 7.20. The highest BCUT2D eigenvalue weighted by molar-refractivity contribution is 7.09. The molecule has 2 aromatic carbocycles. The van der Waals surface area contributed by atoms with E-state index in [1.165, 1.54) is 11.3 Å². The van der Waals surface area contributed by atoms with E-state index in [4.69, 9.17) is 11.5 Å². The largest absolute Gasteiger partial charge is 0.370 e. The van der Waals surface area contributed by atoms with Crippen LogP contribution in [0.4, 0.5) is 0 Å². The molecule has 0 spiro atoms. The van der Waals surface area contributed by atoms with Crippen molar-refractivity contribution < 1.29 is 19.2 Å². The first-order chi connectivity index (χ1) is 17.2. The molecule has 0 fully saturated rings. The van der Waals surface area contributed by atoms with Crippen LogP contribution in [0.5, 0.6) is 0 Å². The predicted octanol–water partition coefficient (Wildman–Crippen LogP) is 2.23. The number of hydrogen-bond acceptors (Lipinski definition) is 5. The van der Waals surface area contributed by atoms with Gasteiger partial charge in [-0.3, -0.25) is 19.2 Å². The number of carbonyl (C=O) groups is 4. The van der Waals surface area contributed by atoms with E-state index in [0.29, 0.717) is 0 Å². The first kappa shape index (κ1) is 26.6. The SMILES string of the molecule is Cc1ccccc1-c1ccc(C[C@H](NC(=O)C(Cc2cccs2)NC(=O)CCC(N)=O)C(N)=O)cc1. The van der Waals surface area contributed by atoms with Crippen LogP contribution < -0.4 is 22.1 Å². The molecule has 3 aromatic rings. The Kier molecular flexibility index (Phi) is 9.35. The molecule has 1 heterocycles. The summed E-state index contributed by atoms with van der Waals surface area (Å²) >= 11 is 1.45. The van der Waals surface area contributed by atoms with E-state index in [0.717, 1.165) is 27.1 Å². The molecule has 0 aliphatic heterocycles. The highest BCUT2D eigenvalue weighted by Crippen LogP contribution is 2.23. The molecule has 0 bridgehead atoms. The second-order valence-electron chi connectivity index (χ2n) is 8.55. The molecular weight excluding hydrogens is 476 g/mol. The Morgan fingerprint density at radius 3 is 2.17 bits per heavy atom. The van der Waals surface area contributed by atoms with Gasteiger partial charge in [0.05, 0.1) is 0 Å². The van der Waals surface area contributed by atoms with Gasteiger partial charge in [-0.2, -0.15) is 0 Å². The molecule has 1 aromatic heterocycles. The zero-order valence-corrected chi connectivity index (χ0v) is 20.8. The Bertz CT molecular complexity index is 1210. The van der Waals surface area contributed by atoms with Gasteiger partial charge in [-0.05, 0) is 40.6 Å². The maximum atomic E-state index is 13.1. The van der Waals surface area contributed by atoms with Crippen LogP contribution in [0.1, 0.15) is 28.8 Å². The monoisotopic (exact) mass is 506 g/mol. The van der Waals surface area contributed by atoms with Gasteiger partial charge in [0.2, 0.25) is 23.6 Å². The summed E-state index contributed by atoms with van der Waals surface area (Å²) < 4.78 is 0. The molecule has 0 saturated heterocycles. The van der Waals surface area contributed by atoms with Gasteiger partial charge in [-0.15, -0.1) is 11.3 Å². The second-order valence-corrected chi connectivity index (χ2v) is 9.58. The molecular formula is C27H30N4O4S. The molecule has 6 N–H and O–H groups in total. The lowest BCUT2D eigenvalue weighted by Crippen LogP contribution is -2.54. The van der Waals surface area contributed by atoms with Crippen LogP contribution in [0.15, 0.2) is 66.0 Å². The number of nitrogens with two attached hydrogens (primary N) is 2. The normalized spacial score (nSPS) is 12.4. The average Bonchev–Trinajstić information content (AvgIpc) is 3.36. The number of carbonyl (C=O) groups excluding carboxylic acids is 4. The van der Waals surface area contributed by atoms with E-state index in [-0.39, 0.29) is 25.7 Å². The van der Waals surface area contributed by atoms with Crippen LogP contribution in [-0.4, -0.2) is 35.7 Å². The standard InChI is InChI=1S/C27H30N4O4S/c1-17-5-2-3-7-21(17)19-10-8-18(9-11-19)15-22(26(29)34)31-27(35)23(16-20-6-4-14-36-20)30-25(33)13-12-24(28)32/h2-11,14,22-23H,12-13,15-16H2,1H3,(H2,28,32)(H2,29,34)(H,30,33)(H,31,35)/t22-,23?/m0/s1. The maximum Gasteiger partial charge on any atom is 0.243 e. The number of aryl methyl sites for hydroxylation is 1. The van der Waals surface area contributed by atoms with Crippen molar-refractivity contribution in [3.8, 4) is 11.1 Å². The van der Waals surface area contributed by atoms with Crippen molar-refractivity contribution in [1.82, 2.24) is 10.6 Å². The lowest BCUT2D eigenvalue weighted by atomic mass is 9.97. The quantitative estimate of drug-likeness (QED) is 0.298. The first-order valence-electron chi connectivity index (χ1n) is 11.6. The molecule has 0 radical (unpaired) electrons. The molecule has 3 rings (SSSR count). The second kappa shape index (κ2) is 12.6. The molecule has 2 atom stereocenters. The van der Waals surface area contributed by atoms with Gasteiger partial charge in [-0.1, -0.05) is 54.6 Å². The van der Waals surface area contributed by atoms with Gasteiger partial charge in [0.25, 0.3) is 0 Å². The lowest BCUT2D eigenvalue weighted by Gasteiger charge is -2.22. The van der Waals surface area contributed by atoms with Crippen molar-refractivity contribution in [1.29, 1.82) is 0 Å². The molecule has 0 saturated carbocycles. The number of rotatable bonds is 12. The maximum absolute atomic E-state index is 13.1. The summed E-state index contributed by atoms with van der Waals surface area (Å²) in [4.78, 5) is 49.5. The molecule has 1 unspecified atom stereocenters. The number of benzene rings is 2. The number of thiophene rings is 1. The van der Waals surface area contributed by atoms with Gasteiger partial charge in [0.15, 0.2) is 0 Å². The van der Waals surface area contributed by atoms with Gasteiger partial charge in [0, 0.05) is 30.6 Å². The molecule has 0 aliphatic rings. The van der Waals surface area contributed by atoms with Crippen LogP contribution >= 0.6 is 11.3 Å². The van der Waals surface area contributed by atoms with Crippen LogP contribution in [0, 0.1) is 6.92 Å². The van der Waals surface area contributed by atoms with Gasteiger partial charge in [0.1, 0.15) is 12.1 Å². The van der Waals surface area contributed by atoms with Crippen molar-refractivity contribution in [3.63, 3.8) is 0 Å². The molecule has 8 nitrogen and oxygen atoms in total. The summed E-state index contributed by atoms with van der Waals surface area (Å²) in [5.41, 5.74) is 14.9. The fourth-order valence-electron chi connectivity index (χ4n) is 3.79. The summed E-state index contributed by atoms with van der Waals surface area (Å²) in [6.07, 6.45) is 0.191. The summed E-state index contributed by atoms with van der Waals surface area (Å²) in [6.45, 7) is 2.04. The number of hydrogen-bond donors (Lipinski definition) is 4. The smallest absolute Gasteiger partial charge is 0.243 e. The van der Waals surface area contributed by atoms with Gasteiger partial charge >= 0.3 is 0 Å². The van der Waals surface area contributed by atoms with E-state index < -0.39 is 35.7 Å². The van der Waals surface area contributed by atoms with E-state index in [1.807, 2.05) is 73.0 Å². The zero-order valence-electron chi connectivity index (χ0n) is 20.0. The lowest BCUT2D eigenvalue weighted by molar-refractivity contribution is -0.131. The Morgan fingerprint density at radius 2 is 1.56 bits per heavy atom. The van der Waals surface area contributed by atoms with Crippen molar-refractivity contribution in [2.45, 2.75) is 44.7 Å². The molecule has 4 amide bonds. The topological polar surface area (TPSA) is 144 Å². The van der Waals surface area contributed by atoms with E-state index in [9.17, 15) is 19.2 Å². The third kappa shape index (κ3) is 7.78. The van der Waals surface area contributed by atoms with Crippen molar-refractivity contribution in [2.75, 3.05) is 0 Å². The van der Waals surface area contributed by atoms with Gasteiger partial charge in [-0.25, -0.2) is 0 Å². The summed E-state index contributed by atoms with van der Waals surface area (Å²) in [6, 6.07) is 17.6. The Balaban J connectivity index is 1.70. The predicted molar refractivity (Wildman–Crippen MR) is 140 cm³/mol. The minimum absolute atomic E-state index is 0.123. The van der Waals surface area contributed by atoms with Gasteiger partial charge < -0.3 is 22.1 Å². The third-order valence-electron chi connectivity index (χ3n) is 5.75. The zero-order chi connectivity index (χ0) is 26.1.